The molecule has 0 aliphatic heterocycles. The van der Waals surface area contributed by atoms with Gasteiger partial charge in [-0.1, -0.05) is 338 Å². The summed E-state index contributed by atoms with van der Waals surface area (Å²) in [6.07, 6.45) is 87.3. The Labute approximate surface area is 491 Å². The van der Waals surface area contributed by atoms with Gasteiger partial charge < -0.3 is 14.2 Å². The normalized spacial score (nSPS) is 12.4. The van der Waals surface area contributed by atoms with Crippen molar-refractivity contribution in [2.45, 2.75) is 374 Å². The van der Waals surface area contributed by atoms with Crippen molar-refractivity contribution in [3.8, 4) is 0 Å². The molecule has 0 aromatic carbocycles. The van der Waals surface area contributed by atoms with E-state index in [1.165, 1.54) is 244 Å². The third kappa shape index (κ3) is 65.8. The van der Waals surface area contributed by atoms with E-state index in [0.717, 1.165) is 77.0 Å². The van der Waals surface area contributed by atoms with Crippen LogP contribution in [0.3, 0.4) is 0 Å². The molecule has 6 nitrogen and oxygen atoms in total. The van der Waals surface area contributed by atoms with E-state index in [0.29, 0.717) is 19.3 Å². The zero-order chi connectivity index (χ0) is 57.1. The fraction of sp³-hybridized carbons (Fsp3) is 0.822. The Morgan fingerprint density at radius 1 is 0.266 bits per heavy atom. The Balaban J connectivity index is 4.08. The lowest BCUT2D eigenvalue weighted by molar-refractivity contribution is -0.166. The van der Waals surface area contributed by atoms with Crippen LogP contribution >= 0.6 is 0 Å². The molecule has 0 heterocycles. The van der Waals surface area contributed by atoms with E-state index in [9.17, 15) is 14.4 Å². The number of carbonyl (C=O) groups excluding carboxylic acids is 3. The van der Waals surface area contributed by atoms with Crippen LogP contribution < -0.4 is 0 Å². The summed E-state index contributed by atoms with van der Waals surface area (Å²) in [4.78, 5) is 38.2. The molecule has 0 spiro atoms. The topological polar surface area (TPSA) is 78.9 Å². The molecule has 0 bridgehead atoms. The highest BCUT2D eigenvalue weighted by atomic mass is 16.6. The van der Waals surface area contributed by atoms with Gasteiger partial charge in [-0.05, 0) is 70.6 Å². The summed E-state index contributed by atoms with van der Waals surface area (Å²) in [7, 11) is 0. The number of ether oxygens (including phenoxy) is 3. The van der Waals surface area contributed by atoms with Crippen LogP contribution in [-0.4, -0.2) is 37.2 Å². The predicted octanol–water partition coefficient (Wildman–Crippen LogP) is 23.9. The Morgan fingerprint density at radius 3 is 0.848 bits per heavy atom. The fourth-order valence-corrected chi connectivity index (χ4v) is 10.3. The van der Waals surface area contributed by atoms with Crippen LogP contribution in [0.1, 0.15) is 367 Å². The van der Waals surface area contributed by atoms with Gasteiger partial charge in [-0.25, -0.2) is 0 Å². The van der Waals surface area contributed by atoms with Crippen molar-refractivity contribution in [3.05, 3.63) is 60.8 Å². The van der Waals surface area contributed by atoms with Crippen molar-refractivity contribution in [1.82, 2.24) is 0 Å². The molecule has 1 unspecified atom stereocenters. The van der Waals surface area contributed by atoms with Crippen molar-refractivity contribution in [2.75, 3.05) is 13.2 Å². The molecule has 460 valence electrons. The molecule has 1 atom stereocenters. The molecule has 0 amide bonds. The number of carbonyl (C=O) groups is 3. The Hall–Kier alpha value is -2.89. The minimum absolute atomic E-state index is 0.0966. The van der Waals surface area contributed by atoms with Crippen LogP contribution in [0.5, 0.6) is 0 Å². The highest BCUT2D eigenvalue weighted by Crippen LogP contribution is 2.18. The average molecular weight is 1110 g/mol. The van der Waals surface area contributed by atoms with Crippen LogP contribution in [0.15, 0.2) is 60.8 Å². The number of allylic oxidation sites excluding steroid dienone is 10. The molecule has 0 radical (unpaired) electrons. The first-order valence-corrected chi connectivity index (χ1v) is 34.8. The maximum Gasteiger partial charge on any atom is 0.306 e. The zero-order valence-electron chi connectivity index (χ0n) is 52.9. The van der Waals surface area contributed by atoms with Gasteiger partial charge in [-0.2, -0.15) is 0 Å². The molecule has 79 heavy (non-hydrogen) atoms. The third-order valence-electron chi connectivity index (χ3n) is 15.5. The van der Waals surface area contributed by atoms with Crippen molar-refractivity contribution in [2.24, 2.45) is 0 Å². The maximum absolute atomic E-state index is 12.9. The molecule has 0 aliphatic rings. The summed E-state index contributed by atoms with van der Waals surface area (Å²) in [5, 5.41) is 0. The summed E-state index contributed by atoms with van der Waals surface area (Å²) in [5.41, 5.74) is 0. The molecule has 6 heteroatoms. The molecule has 0 saturated heterocycles. The standard InChI is InChI=1S/C73H132O6/c1-4-7-10-13-16-19-22-25-27-28-29-30-31-32-33-34-35-36-37-38-39-40-41-42-43-44-45-46-49-51-54-57-60-63-66-72(75)78-69-70(68-77-71(74)65-62-59-56-53-50-47-24-21-18-15-12-9-6-3)79-73(76)67-64-61-58-55-52-48-26-23-20-17-14-11-8-5-2/h9,12,18,21,23,26,47,50,56,59,70H,4-8,10-11,13-17,19-20,22,24-25,27-46,48-49,51-55,57-58,60-69H2,1-3H3/b12-9-,21-18-,26-23-,50-47-,59-56-. The van der Waals surface area contributed by atoms with Crippen molar-refractivity contribution < 1.29 is 28.6 Å². The minimum atomic E-state index is -0.806. The van der Waals surface area contributed by atoms with Crippen LogP contribution in [0.2, 0.25) is 0 Å². The van der Waals surface area contributed by atoms with Gasteiger partial charge in [0.15, 0.2) is 6.10 Å². The number of hydrogen-bond donors (Lipinski definition) is 0. The van der Waals surface area contributed by atoms with Gasteiger partial charge in [0.05, 0.1) is 0 Å². The van der Waals surface area contributed by atoms with E-state index in [-0.39, 0.29) is 37.5 Å². The van der Waals surface area contributed by atoms with Gasteiger partial charge in [0, 0.05) is 19.3 Å². The summed E-state index contributed by atoms with van der Waals surface area (Å²) in [6, 6.07) is 0. The Morgan fingerprint density at radius 2 is 0.519 bits per heavy atom. The molecule has 0 aromatic heterocycles. The predicted molar refractivity (Wildman–Crippen MR) is 344 cm³/mol. The lowest BCUT2D eigenvalue weighted by Crippen LogP contribution is -2.30. The Kier molecular flexibility index (Phi) is 65.1. The van der Waals surface area contributed by atoms with Crippen LogP contribution in [0.4, 0.5) is 0 Å². The minimum Gasteiger partial charge on any atom is -0.462 e. The van der Waals surface area contributed by atoms with Crippen molar-refractivity contribution in [3.63, 3.8) is 0 Å². The van der Waals surface area contributed by atoms with Gasteiger partial charge in [0.1, 0.15) is 13.2 Å². The van der Waals surface area contributed by atoms with Crippen molar-refractivity contribution >= 4 is 17.9 Å². The first-order valence-electron chi connectivity index (χ1n) is 34.8. The molecule has 0 aromatic rings. The largest absolute Gasteiger partial charge is 0.462 e. The first-order chi connectivity index (χ1) is 39.0. The van der Waals surface area contributed by atoms with E-state index in [1.807, 2.05) is 6.08 Å². The van der Waals surface area contributed by atoms with Crippen LogP contribution in [0.25, 0.3) is 0 Å². The maximum atomic E-state index is 12.9. The SMILES string of the molecule is CC/C=C\C/C=C\C/C=C\C/C=C\CCC(=O)OCC(COC(=O)CCCCCCCCCCCCCCCCCCCCCCCCCCCCCCCCCCCC)OC(=O)CCCCCCC/C=C\CCCCCCC. The average Bonchev–Trinajstić information content (AvgIpc) is 3.45. The molecule has 0 rings (SSSR count). The monoisotopic (exact) mass is 1110 g/mol. The second-order valence-corrected chi connectivity index (χ2v) is 23.4. The van der Waals surface area contributed by atoms with Gasteiger partial charge in [-0.3, -0.25) is 14.4 Å². The summed E-state index contributed by atoms with van der Waals surface area (Å²) in [6.45, 7) is 6.49. The summed E-state index contributed by atoms with van der Waals surface area (Å²) in [5.74, 6) is -0.974. The lowest BCUT2D eigenvalue weighted by Gasteiger charge is -2.18. The molecule has 0 fully saturated rings. The Bertz CT molecular complexity index is 1410. The second-order valence-electron chi connectivity index (χ2n) is 23.4. The number of unbranched alkanes of at least 4 members (excludes halogenated alkanes) is 43. The van der Waals surface area contributed by atoms with Gasteiger partial charge >= 0.3 is 17.9 Å². The van der Waals surface area contributed by atoms with Crippen LogP contribution in [0, 0.1) is 0 Å². The fourth-order valence-electron chi connectivity index (χ4n) is 10.3. The van der Waals surface area contributed by atoms with Gasteiger partial charge in [0.2, 0.25) is 0 Å². The van der Waals surface area contributed by atoms with E-state index < -0.39 is 6.10 Å². The highest BCUT2D eigenvalue weighted by molar-refractivity contribution is 5.71. The van der Waals surface area contributed by atoms with E-state index in [2.05, 4.69) is 75.5 Å². The summed E-state index contributed by atoms with van der Waals surface area (Å²) < 4.78 is 16.8. The lowest BCUT2D eigenvalue weighted by atomic mass is 10.0. The highest BCUT2D eigenvalue weighted by Gasteiger charge is 2.19. The molecule has 0 saturated carbocycles. The van der Waals surface area contributed by atoms with Gasteiger partial charge in [0.25, 0.3) is 0 Å². The molecule has 0 aliphatic carbocycles. The quantitative estimate of drug-likeness (QED) is 0.0261. The van der Waals surface area contributed by atoms with E-state index in [1.54, 1.807) is 0 Å². The van der Waals surface area contributed by atoms with Crippen LogP contribution in [-0.2, 0) is 28.6 Å². The number of hydrogen-bond acceptors (Lipinski definition) is 6. The first kappa shape index (κ1) is 76.1. The van der Waals surface area contributed by atoms with Crippen molar-refractivity contribution in [1.29, 1.82) is 0 Å². The molecule has 0 N–H and O–H groups in total. The van der Waals surface area contributed by atoms with E-state index >= 15 is 0 Å². The summed E-state index contributed by atoms with van der Waals surface area (Å²) >= 11 is 0. The number of esters is 3. The second kappa shape index (κ2) is 67.6. The molecular formula is C73H132O6. The van der Waals surface area contributed by atoms with E-state index in [4.69, 9.17) is 14.2 Å². The zero-order valence-corrected chi connectivity index (χ0v) is 52.9. The number of rotatable bonds is 64. The third-order valence-corrected chi connectivity index (χ3v) is 15.5. The molecular weight excluding hydrogens is 973 g/mol. The smallest absolute Gasteiger partial charge is 0.306 e. The van der Waals surface area contributed by atoms with Gasteiger partial charge in [-0.15, -0.1) is 0 Å².